The van der Waals surface area contributed by atoms with Crippen LogP contribution in [0.25, 0.3) is 5.65 Å². The summed E-state index contributed by atoms with van der Waals surface area (Å²) in [6.07, 6.45) is 6.41. The number of aromatic nitrogens is 3. The first-order valence-corrected chi connectivity index (χ1v) is 7.82. The molecule has 118 valence electrons. The SMILES string of the molecule is COCCN(C(=O)c1ccc2nnc(C)n2c1)C1CCCC1. The maximum Gasteiger partial charge on any atom is 0.255 e. The maximum absolute atomic E-state index is 12.9. The summed E-state index contributed by atoms with van der Waals surface area (Å²) in [6.45, 7) is 3.09. The minimum absolute atomic E-state index is 0.0685. The van der Waals surface area contributed by atoms with Crippen LogP contribution >= 0.6 is 0 Å². The molecule has 22 heavy (non-hydrogen) atoms. The zero-order valence-electron chi connectivity index (χ0n) is 13.2. The third kappa shape index (κ3) is 2.83. The lowest BCUT2D eigenvalue weighted by Crippen LogP contribution is -2.41. The molecule has 0 bridgehead atoms. The molecule has 2 heterocycles. The van der Waals surface area contributed by atoms with Gasteiger partial charge in [0.2, 0.25) is 0 Å². The maximum atomic E-state index is 12.9. The summed E-state index contributed by atoms with van der Waals surface area (Å²) in [5, 5.41) is 8.09. The van der Waals surface area contributed by atoms with Crippen molar-refractivity contribution in [3.63, 3.8) is 0 Å². The van der Waals surface area contributed by atoms with Crippen LogP contribution in [-0.4, -0.2) is 51.7 Å². The quantitative estimate of drug-likeness (QED) is 0.848. The van der Waals surface area contributed by atoms with Crippen LogP contribution in [0.2, 0.25) is 0 Å². The van der Waals surface area contributed by atoms with E-state index >= 15 is 0 Å². The van der Waals surface area contributed by atoms with Crippen LogP contribution in [0.5, 0.6) is 0 Å². The third-order valence-corrected chi connectivity index (χ3v) is 4.38. The van der Waals surface area contributed by atoms with E-state index in [2.05, 4.69) is 10.2 Å². The fourth-order valence-corrected chi connectivity index (χ4v) is 3.15. The van der Waals surface area contributed by atoms with Gasteiger partial charge in [-0.15, -0.1) is 10.2 Å². The number of aryl methyl sites for hydroxylation is 1. The highest BCUT2D eigenvalue weighted by atomic mass is 16.5. The summed E-state index contributed by atoms with van der Waals surface area (Å²) in [4.78, 5) is 14.9. The highest BCUT2D eigenvalue weighted by Gasteiger charge is 2.27. The van der Waals surface area contributed by atoms with Crippen LogP contribution in [0.3, 0.4) is 0 Å². The molecule has 2 aromatic heterocycles. The zero-order valence-corrected chi connectivity index (χ0v) is 13.2. The number of rotatable bonds is 5. The number of amides is 1. The van der Waals surface area contributed by atoms with Gasteiger partial charge in [-0.25, -0.2) is 0 Å². The largest absolute Gasteiger partial charge is 0.383 e. The Morgan fingerprint density at radius 2 is 2.14 bits per heavy atom. The van der Waals surface area contributed by atoms with Gasteiger partial charge < -0.3 is 9.64 Å². The molecule has 0 unspecified atom stereocenters. The van der Waals surface area contributed by atoms with E-state index in [9.17, 15) is 4.79 Å². The van der Waals surface area contributed by atoms with E-state index in [4.69, 9.17) is 4.74 Å². The van der Waals surface area contributed by atoms with Gasteiger partial charge in [-0.05, 0) is 31.9 Å². The number of ether oxygens (including phenoxy) is 1. The first-order valence-electron chi connectivity index (χ1n) is 7.82. The molecule has 0 spiro atoms. The highest BCUT2D eigenvalue weighted by molar-refractivity contribution is 5.94. The lowest BCUT2D eigenvalue weighted by Gasteiger charge is -2.29. The van der Waals surface area contributed by atoms with Crippen LogP contribution in [-0.2, 0) is 4.74 Å². The second-order valence-electron chi connectivity index (χ2n) is 5.82. The first kappa shape index (κ1) is 15.0. The van der Waals surface area contributed by atoms with Crippen molar-refractivity contribution in [2.75, 3.05) is 20.3 Å². The Morgan fingerprint density at radius 3 is 2.86 bits per heavy atom. The van der Waals surface area contributed by atoms with Crippen molar-refractivity contribution in [3.05, 3.63) is 29.7 Å². The summed E-state index contributed by atoms with van der Waals surface area (Å²) in [7, 11) is 1.67. The van der Waals surface area contributed by atoms with E-state index in [-0.39, 0.29) is 5.91 Å². The smallest absolute Gasteiger partial charge is 0.255 e. The molecule has 0 aromatic carbocycles. The van der Waals surface area contributed by atoms with Crippen molar-refractivity contribution in [2.45, 2.75) is 38.6 Å². The number of pyridine rings is 1. The molecule has 0 radical (unpaired) electrons. The van der Waals surface area contributed by atoms with Crippen molar-refractivity contribution < 1.29 is 9.53 Å². The summed E-state index contributed by atoms with van der Waals surface area (Å²) >= 11 is 0. The number of hydrogen-bond acceptors (Lipinski definition) is 4. The Morgan fingerprint density at radius 1 is 1.36 bits per heavy atom. The minimum Gasteiger partial charge on any atom is -0.383 e. The molecule has 6 heteroatoms. The molecule has 0 atom stereocenters. The van der Waals surface area contributed by atoms with E-state index in [0.717, 1.165) is 24.3 Å². The Kier molecular flexibility index (Phi) is 4.38. The molecule has 2 aromatic rings. The number of carbonyl (C=O) groups excluding carboxylic acids is 1. The minimum atomic E-state index is 0.0685. The van der Waals surface area contributed by atoms with Crippen molar-refractivity contribution in [2.24, 2.45) is 0 Å². The molecule has 6 nitrogen and oxygen atoms in total. The number of carbonyl (C=O) groups is 1. The Hall–Kier alpha value is -1.95. The van der Waals surface area contributed by atoms with Crippen molar-refractivity contribution in [1.29, 1.82) is 0 Å². The van der Waals surface area contributed by atoms with E-state index < -0.39 is 0 Å². The topological polar surface area (TPSA) is 59.7 Å². The molecule has 1 fully saturated rings. The standard InChI is InChI=1S/C16H22N4O2/c1-12-17-18-15-8-7-13(11-20(12)15)16(21)19(9-10-22-2)14-5-3-4-6-14/h7-8,11,14H,3-6,9-10H2,1-2H3. The third-order valence-electron chi connectivity index (χ3n) is 4.38. The molecular weight excluding hydrogens is 280 g/mol. The lowest BCUT2D eigenvalue weighted by atomic mass is 10.1. The van der Waals surface area contributed by atoms with Crippen LogP contribution in [0.4, 0.5) is 0 Å². The normalized spacial score (nSPS) is 15.5. The zero-order chi connectivity index (χ0) is 15.5. The molecule has 0 saturated heterocycles. The number of fused-ring (bicyclic) bond motifs is 1. The predicted octanol–water partition coefficient (Wildman–Crippen LogP) is 2.07. The summed E-state index contributed by atoms with van der Waals surface area (Å²) in [5.74, 6) is 0.855. The Balaban J connectivity index is 1.87. The molecule has 1 saturated carbocycles. The monoisotopic (exact) mass is 302 g/mol. The molecule has 1 aliphatic carbocycles. The molecular formula is C16H22N4O2. The molecule has 3 rings (SSSR count). The number of hydrogen-bond donors (Lipinski definition) is 0. The number of nitrogens with zero attached hydrogens (tertiary/aromatic N) is 4. The van der Waals surface area contributed by atoms with Gasteiger partial charge in [0.05, 0.1) is 12.2 Å². The fourth-order valence-electron chi connectivity index (χ4n) is 3.15. The molecule has 1 amide bonds. The first-order chi connectivity index (χ1) is 10.7. The van der Waals surface area contributed by atoms with Crippen LogP contribution in [0.1, 0.15) is 41.9 Å². The Bertz CT molecular complexity index is 661. The number of methoxy groups -OCH3 is 1. The summed E-state index contributed by atoms with van der Waals surface area (Å²) in [5.41, 5.74) is 1.44. The van der Waals surface area contributed by atoms with Gasteiger partial charge in [0, 0.05) is 25.9 Å². The summed E-state index contributed by atoms with van der Waals surface area (Å²) < 4.78 is 7.03. The van der Waals surface area contributed by atoms with E-state index in [1.807, 2.05) is 34.6 Å². The predicted molar refractivity (Wildman–Crippen MR) is 82.9 cm³/mol. The fraction of sp³-hybridized carbons (Fsp3) is 0.562. The van der Waals surface area contributed by atoms with Crippen LogP contribution in [0, 0.1) is 6.92 Å². The summed E-state index contributed by atoms with van der Waals surface area (Å²) in [6, 6.07) is 4.01. The van der Waals surface area contributed by atoms with E-state index in [1.165, 1.54) is 12.8 Å². The van der Waals surface area contributed by atoms with Gasteiger partial charge in [-0.3, -0.25) is 9.20 Å². The van der Waals surface area contributed by atoms with Gasteiger partial charge in [0.1, 0.15) is 5.82 Å². The van der Waals surface area contributed by atoms with Gasteiger partial charge in [-0.2, -0.15) is 0 Å². The van der Waals surface area contributed by atoms with Crippen LogP contribution in [0.15, 0.2) is 18.3 Å². The average molecular weight is 302 g/mol. The van der Waals surface area contributed by atoms with Crippen LogP contribution < -0.4 is 0 Å². The van der Waals surface area contributed by atoms with Gasteiger partial charge in [-0.1, -0.05) is 12.8 Å². The van der Waals surface area contributed by atoms with Crippen molar-refractivity contribution >= 4 is 11.6 Å². The van der Waals surface area contributed by atoms with Crippen molar-refractivity contribution in [3.8, 4) is 0 Å². The molecule has 0 aliphatic heterocycles. The second kappa shape index (κ2) is 6.44. The molecule has 0 N–H and O–H groups in total. The van der Waals surface area contributed by atoms with Gasteiger partial charge in [0.25, 0.3) is 5.91 Å². The van der Waals surface area contributed by atoms with Gasteiger partial charge in [0.15, 0.2) is 5.65 Å². The van der Waals surface area contributed by atoms with Gasteiger partial charge >= 0.3 is 0 Å². The van der Waals surface area contributed by atoms with E-state index in [1.54, 1.807) is 7.11 Å². The van der Waals surface area contributed by atoms with E-state index in [0.29, 0.717) is 24.8 Å². The molecule has 1 aliphatic rings. The Labute approximate surface area is 130 Å². The van der Waals surface area contributed by atoms with Crippen molar-refractivity contribution in [1.82, 2.24) is 19.5 Å². The second-order valence-corrected chi connectivity index (χ2v) is 5.82. The lowest BCUT2D eigenvalue weighted by molar-refractivity contribution is 0.0605. The highest BCUT2D eigenvalue weighted by Crippen LogP contribution is 2.25. The average Bonchev–Trinajstić information content (AvgIpc) is 3.18.